The number of guanidine groups is 1. The zero-order chi connectivity index (χ0) is 19.8. The van der Waals surface area contributed by atoms with E-state index in [2.05, 4.69) is 62.6 Å². The summed E-state index contributed by atoms with van der Waals surface area (Å²) >= 11 is 1.53. The predicted octanol–water partition coefficient (Wildman–Crippen LogP) is 2.77. The van der Waals surface area contributed by atoms with Crippen LogP contribution >= 0.6 is 11.5 Å². The molecule has 29 heavy (non-hydrogen) atoms. The molecule has 7 heteroatoms. The minimum absolute atomic E-state index is 0.730. The number of nitrogens with one attached hydrogen (secondary N) is 1. The lowest BCUT2D eigenvalue weighted by atomic mass is 10.0. The Morgan fingerprint density at radius 2 is 2.03 bits per heavy atom. The highest BCUT2D eigenvalue weighted by Gasteiger charge is 2.55. The van der Waals surface area contributed by atoms with Gasteiger partial charge < -0.3 is 15.1 Å². The minimum Gasteiger partial charge on any atom is -0.357 e. The van der Waals surface area contributed by atoms with E-state index < -0.39 is 0 Å². The van der Waals surface area contributed by atoms with Crippen molar-refractivity contribution < 1.29 is 0 Å². The number of fused-ring (bicyclic) bond motifs is 3. The monoisotopic (exact) mass is 410 g/mol. The first kappa shape index (κ1) is 18.9. The Bertz CT molecular complexity index is 885. The van der Waals surface area contributed by atoms with Gasteiger partial charge in [-0.3, -0.25) is 4.99 Å². The molecule has 2 heterocycles. The van der Waals surface area contributed by atoms with Crippen LogP contribution in [-0.4, -0.2) is 59.5 Å². The summed E-state index contributed by atoms with van der Waals surface area (Å²) in [4.78, 5) is 14.5. The highest BCUT2D eigenvalue weighted by Crippen LogP contribution is 2.61. The van der Waals surface area contributed by atoms with Crippen molar-refractivity contribution in [3.05, 3.63) is 41.2 Å². The Morgan fingerprint density at radius 1 is 1.21 bits per heavy atom. The lowest BCUT2D eigenvalue weighted by Crippen LogP contribution is -2.52. The van der Waals surface area contributed by atoms with Gasteiger partial charge in [0.25, 0.3) is 0 Å². The van der Waals surface area contributed by atoms with Crippen LogP contribution in [-0.2, 0) is 12.8 Å². The summed E-state index contributed by atoms with van der Waals surface area (Å²) in [6.45, 7) is 10.0. The van der Waals surface area contributed by atoms with Gasteiger partial charge in [-0.25, -0.2) is 4.98 Å². The maximum absolute atomic E-state index is 5.06. The summed E-state index contributed by atoms with van der Waals surface area (Å²) < 4.78 is 4.43. The van der Waals surface area contributed by atoms with Crippen LogP contribution in [0.2, 0.25) is 0 Å². The third-order valence-electron chi connectivity index (χ3n) is 6.61. The molecule has 154 valence electrons. The summed E-state index contributed by atoms with van der Waals surface area (Å²) in [5.41, 5.74) is 3.15. The molecule has 1 aromatic carbocycles. The molecule has 3 aliphatic rings. The molecule has 3 atom stereocenters. The van der Waals surface area contributed by atoms with E-state index in [1.54, 1.807) is 11.1 Å². The topological polar surface area (TPSA) is 56.7 Å². The predicted molar refractivity (Wildman–Crippen MR) is 119 cm³/mol. The van der Waals surface area contributed by atoms with Crippen LogP contribution in [0.1, 0.15) is 36.7 Å². The fourth-order valence-electron chi connectivity index (χ4n) is 4.98. The molecule has 1 saturated heterocycles. The van der Waals surface area contributed by atoms with Gasteiger partial charge in [0.1, 0.15) is 5.82 Å². The van der Waals surface area contributed by atoms with E-state index in [0.717, 1.165) is 80.4 Å². The van der Waals surface area contributed by atoms with Crippen molar-refractivity contribution in [3.8, 4) is 0 Å². The summed E-state index contributed by atoms with van der Waals surface area (Å²) in [5.74, 6) is 4.34. The highest BCUT2D eigenvalue weighted by atomic mass is 32.1. The van der Waals surface area contributed by atoms with Crippen molar-refractivity contribution in [3.63, 3.8) is 0 Å². The first-order chi connectivity index (χ1) is 14.3. The van der Waals surface area contributed by atoms with E-state index in [4.69, 9.17) is 4.99 Å². The molecule has 1 aliphatic heterocycles. The van der Waals surface area contributed by atoms with Crippen LogP contribution in [0.25, 0.3) is 0 Å². The normalized spacial score (nSPS) is 25.7. The molecule has 0 spiro atoms. The number of hydrogen-bond acceptors (Lipinski definition) is 5. The van der Waals surface area contributed by atoms with E-state index >= 15 is 0 Å². The van der Waals surface area contributed by atoms with Crippen LogP contribution < -0.4 is 10.2 Å². The zero-order valence-corrected chi connectivity index (χ0v) is 18.2. The molecule has 1 N–H and O–H groups in total. The second-order valence-electron chi connectivity index (χ2n) is 8.27. The van der Waals surface area contributed by atoms with Crippen LogP contribution in [0.3, 0.4) is 0 Å². The Hall–Kier alpha value is -2.15. The number of piperazine rings is 1. The maximum Gasteiger partial charge on any atom is 0.205 e. The van der Waals surface area contributed by atoms with Gasteiger partial charge >= 0.3 is 0 Å². The maximum atomic E-state index is 5.06. The number of anilines is 1. The fraction of sp³-hybridized carbons (Fsp3) is 0.591. The van der Waals surface area contributed by atoms with E-state index in [9.17, 15) is 0 Å². The van der Waals surface area contributed by atoms with Gasteiger partial charge in [-0.15, -0.1) is 0 Å². The molecule has 5 rings (SSSR count). The number of rotatable bonds is 5. The summed E-state index contributed by atoms with van der Waals surface area (Å²) in [6.07, 6.45) is 2.15. The number of nitrogens with zero attached hydrogens (tertiary/aromatic N) is 5. The van der Waals surface area contributed by atoms with Gasteiger partial charge in [0.15, 0.2) is 5.96 Å². The standard InChI is InChI=1S/C22H30N6S/c1-3-19-25-22(29-26-19)28-11-9-27(10-12-28)21(23-4-2)24-14-18-17-13-15-7-5-6-8-16(15)20(17)18/h5-8,17-18,20H,3-4,9-14H2,1-2H3,(H,23,24). The Morgan fingerprint density at radius 3 is 2.79 bits per heavy atom. The summed E-state index contributed by atoms with van der Waals surface area (Å²) in [7, 11) is 0. The quantitative estimate of drug-likeness (QED) is 0.607. The molecule has 3 unspecified atom stereocenters. The lowest BCUT2D eigenvalue weighted by Gasteiger charge is -2.36. The van der Waals surface area contributed by atoms with E-state index in [-0.39, 0.29) is 0 Å². The molecule has 2 fully saturated rings. The molecule has 0 amide bonds. The molecule has 6 nitrogen and oxygen atoms in total. The molecule has 0 radical (unpaired) electrons. The van der Waals surface area contributed by atoms with Crippen molar-refractivity contribution in [1.82, 2.24) is 19.6 Å². The van der Waals surface area contributed by atoms with E-state index in [0.29, 0.717) is 0 Å². The number of aryl methyl sites for hydroxylation is 1. The molecule has 1 saturated carbocycles. The van der Waals surface area contributed by atoms with E-state index in [1.807, 2.05) is 0 Å². The van der Waals surface area contributed by atoms with Crippen LogP contribution in [0.15, 0.2) is 29.3 Å². The number of hydrogen-bond donors (Lipinski definition) is 1. The van der Waals surface area contributed by atoms with Crippen molar-refractivity contribution in [1.29, 1.82) is 0 Å². The first-order valence-corrected chi connectivity index (χ1v) is 11.7. The van der Waals surface area contributed by atoms with Crippen molar-refractivity contribution in [2.75, 3.05) is 44.2 Å². The summed E-state index contributed by atoms with van der Waals surface area (Å²) in [6, 6.07) is 8.98. The third-order valence-corrected chi connectivity index (χ3v) is 7.43. The van der Waals surface area contributed by atoms with Gasteiger partial charge in [0.05, 0.1) is 0 Å². The second-order valence-corrected chi connectivity index (χ2v) is 9.00. The van der Waals surface area contributed by atoms with Crippen molar-refractivity contribution in [2.45, 2.75) is 32.6 Å². The largest absolute Gasteiger partial charge is 0.357 e. The Balaban J connectivity index is 1.19. The van der Waals surface area contributed by atoms with Crippen LogP contribution in [0, 0.1) is 11.8 Å². The molecule has 2 aromatic rings. The second kappa shape index (κ2) is 7.94. The van der Waals surface area contributed by atoms with Crippen molar-refractivity contribution >= 4 is 22.6 Å². The minimum atomic E-state index is 0.730. The number of aliphatic imine (C=N–C) groups is 1. The molecular formula is C22H30N6S. The van der Waals surface area contributed by atoms with Gasteiger partial charge in [-0.1, -0.05) is 31.2 Å². The lowest BCUT2D eigenvalue weighted by molar-refractivity contribution is 0.372. The van der Waals surface area contributed by atoms with Crippen LogP contribution in [0.5, 0.6) is 0 Å². The molecular weight excluding hydrogens is 380 g/mol. The summed E-state index contributed by atoms with van der Waals surface area (Å²) in [5, 5.41) is 4.58. The van der Waals surface area contributed by atoms with Crippen molar-refractivity contribution in [2.24, 2.45) is 16.8 Å². The Kier molecular flexibility index (Phi) is 5.16. The smallest absolute Gasteiger partial charge is 0.205 e. The van der Waals surface area contributed by atoms with E-state index in [1.165, 1.54) is 18.0 Å². The highest BCUT2D eigenvalue weighted by molar-refractivity contribution is 7.09. The molecule has 0 bridgehead atoms. The third kappa shape index (κ3) is 3.61. The Labute approximate surface area is 177 Å². The van der Waals surface area contributed by atoms with Crippen LogP contribution in [0.4, 0.5) is 5.13 Å². The molecule has 1 aromatic heterocycles. The SMILES string of the molecule is CCNC(=NCC1C2Cc3ccccc3C12)N1CCN(c2nc(CC)ns2)CC1. The number of aromatic nitrogens is 2. The first-order valence-electron chi connectivity index (χ1n) is 11.0. The molecule has 2 aliphatic carbocycles. The van der Waals surface area contributed by atoms with Gasteiger partial charge in [-0.2, -0.15) is 4.37 Å². The van der Waals surface area contributed by atoms with Gasteiger partial charge in [0, 0.05) is 57.2 Å². The zero-order valence-electron chi connectivity index (χ0n) is 17.3. The average molecular weight is 411 g/mol. The number of benzene rings is 1. The van der Waals surface area contributed by atoms with Gasteiger partial charge in [0.2, 0.25) is 5.13 Å². The fourth-order valence-corrected chi connectivity index (χ4v) is 5.78. The average Bonchev–Trinajstić information content (AvgIpc) is 3.10. The van der Waals surface area contributed by atoms with Gasteiger partial charge in [-0.05, 0) is 42.2 Å².